The first kappa shape index (κ1) is 15.4. The molecule has 1 aromatic carbocycles. The second kappa shape index (κ2) is 7.17. The van der Waals surface area contributed by atoms with Gasteiger partial charge in [0.1, 0.15) is 0 Å². The van der Waals surface area contributed by atoms with Crippen LogP contribution in [0, 0.1) is 0 Å². The van der Waals surface area contributed by atoms with E-state index >= 15 is 0 Å². The number of benzene rings is 1. The molecular formula is C14H22N2O3S. The van der Waals surface area contributed by atoms with Gasteiger partial charge in [-0.2, -0.15) is 4.31 Å². The van der Waals surface area contributed by atoms with Crippen LogP contribution in [0.2, 0.25) is 0 Å². The molecule has 0 amide bonds. The molecule has 0 unspecified atom stereocenters. The molecule has 1 heterocycles. The van der Waals surface area contributed by atoms with Crippen molar-refractivity contribution in [2.24, 2.45) is 5.73 Å². The third kappa shape index (κ3) is 3.79. The molecule has 2 rings (SSSR count). The molecule has 0 saturated carbocycles. The Balaban J connectivity index is 1.90. The van der Waals surface area contributed by atoms with Gasteiger partial charge in [-0.15, -0.1) is 0 Å². The van der Waals surface area contributed by atoms with Crippen LogP contribution in [0.25, 0.3) is 0 Å². The van der Waals surface area contributed by atoms with Crippen LogP contribution in [-0.2, 0) is 14.8 Å². The van der Waals surface area contributed by atoms with Crippen molar-refractivity contribution >= 4 is 10.0 Å². The Morgan fingerprint density at radius 3 is 2.45 bits per heavy atom. The normalized spacial score (nSPS) is 18.2. The van der Waals surface area contributed by atoms with Crippen LogP contribution in [-0.4, -0.2) is 45.1 Å². The average molecular weight is 298 g/mol. The SMILES string of the molecule is NCCCOC1CCN(S(=O)(=O)c2ccccc2)CC1. The third-order valence-electron chi connectivity index (χ3n) is 3.48. The molecule has 0 aromatic heterocycles. The lowest BCUT2D eigenvalue weighted by Crippen LogP contribution is -2.40. The Morgan fingerprint density at radius 2 is 1.85 bits per heavy atom. The fraction of sp³-hybridized carbons (Fsp3) is 0.571. The van der Waals surface area contributed by atoms with E-state index in [0.29, 0.717) is 31.1 Å². The van der Waals surface area contributed by atoms with Crippen LogP contribution in [0.5, 0.6) is 0 Å². The van der Waals surface area contributed by atoms with Crippen molar-refractivity contribution in [1.29, 1.82) is 0 Å². The van der Waals surface area contributed by atoms with E-state index < -0.39 is 10.0 Å². The van der Waals surface area contributed by atoms with Gasteiger partial charge in [0.05, 0.1) is 11.0 Å². The van der Waals surface area contributed by atoms with Crippen LogP contribution in [0.1, 0.15) is 19.3 Å². The van der Waals surface area contributed by atoms with Crippen LogP contribution in [0.15, 0.2) is 35.2 Å². The Morgan fingerprint density at radius 1 is 1.20 bits per heavy atom. The highest BCUT2D eigenvalue weighted by atomic mass is 32.2. The molecule has 0 spiro atoms. The number of hydrogen-bond acceptors (Lipinski definition) is 4. The van der Waals surface area contributed by atoms with Crippen molar-refractivity contribution in [3.63, 3.8) is 0 Å². The van der Waals surface area contributed by atoms with Crippen molar-refractivity contribution in [3.8, 4) is 0 Å². The van der Waals surface area contributed by atoms with E-state index in [4.69, 9.17) is 10.5 Å². The second-order valence-electron chi connectivity index (χ2n) is 4.93. The van der Waals surface area contributed by atoms with E-state index in [1.54, 1.807) is 28.6 Å². The van der Waals surface area contributed by atoms with E-state index in [0.717, 1.165) is 19.3 Å². The fourth-order valence-electron chi connectivity index (χ4n) is 2.31. The van der Waals surface area contributed by atoms with Crippen LogP contribution in [0.4, 0.5) is 0 Å². The molecule has 0 atom stereocenters. The van der Waals surface area contributed by atoms with Crippen LogP contribution < -0.4 is 5.73 Å². The van der Waals surface area contributed by atoms with Crippen LogP contribution in [0.3, 0.4) is 0 Å². The van der Waals surface area contributed by atoms with Crippen molar-refractivity contribution in [2.45, 2.75) is 30.3 Å². The molecule has 1 aliphatic rings. The van der Waals surface area contributed by atoms with Gasteiger partial charge in [0, 0.05) is 19.7 Å². The van der Waals surface area contributed by atoms with E-state index in [-0.39, 0.29) is 6.10 Å². The Kier molecular flexibility index (Phi) is 5.54. The highest BCUT2D eigenvalue weighted by molar-refractivity contribution is 7.89. The van der Waals surface area contributed by atoms with Gasteiger partial charge < -0.3 is 10.5 Å². The molecule has 1 aromatic rings. The molecule has 0 bridgehead atoms. The minimum absolute atomic E-state index is 0.156. The predicted octanol–water partition coefficient (Wildman–Crippen LogP) is 1.21. The first-order chi connectivity index (χ1) is 9.64. The molecule has 1 saturated heterocycles. The number of rotatable bonds is 6. The summed E-state index contributed by atoms with van der Waals surface area (Å²) in [5.74, 6) is 0. The first-order valence-electron chi connectivity index (χ1n) is 7.01. The smallest absolute Gasteiger partial charge is 0.243 e. The summed E-state index contributed by atoms with van der Waals surface area (Å²) in [6, 6.07) is 8.58. The molecule has 0 radical (unpaired) electrons. The summed E-state index contributed by atoms with van der Waals surface area (Å²) in [4.78, 5) is 0.363. The van der Waals surface area contributed by atoms with E-state index in [2.05, 4.69) is 0 Å². The zero-order chi connectivity index (χ0) is 14.4. The van der Waals surface area contributed by atoms with E-state index in [1.807, 2.05) is 6.07 Å². The minimum Gasteiger partial charge on any atom is -0.378 e. The Labute approximate surface area is 120 Å². The number of hydrogen-bond donors (Lipinski definition) is 1. The molecule has 2 N–H and O–H groups in total. The average Bonchev–Trinajstić information content (AvgIpc) is 2.49. The Bertz CT molecular complexity index is 496. The van der Waals surface area contributed by atoms with Gasteiger partial charge in [0.15, 0.2) is 0 Å². The maximum Gasteiger partial charge on any atom is 0.243 e. The zero-order valence-corrected chi connectivity index (χ0v) is 12.4. The van der Waals surface area contributed by atoms with Gasteiger partial charge in [-0.05, 0) is 37.9 Å². The molecule has 1 fully saturated rings. The monoisotopic (exact) mass is 298 g/mol. The van der Waals surface area contributed by atoms with E-state index in [1.165, 1.54) is 0 Å². The second-order valence-corrected chi connectivity index (χ2v) is 6.87. The van der Waals surface area contributed by atoms with E-state index in [9.17, 15) is 8.42 Å². The van der Waals surface area contributed by atoms with Crippen molar-refractivity contribution in [1.82, 2.24) is 4.31 Å². The van der Waals surface area contributed by atoms with Gasteiger partial charge in [-0.1, -0.05) is 18.2 Å². The quantitative estimate of drug-likeness (QED) is 0.801. The summed E-state index contributed by atoms with van der Waals surface area (Å²) in [6.07, 6.45) is 2.50. The largest absolute Gasteiger partial charge is 0.378 e. The number of nitrogens with zero attached hydrogens (tertiary/aromatic N) is 1. The minimum atomic E-state index is -3.35. The zero-order valence-electron chi connectivity index (χ0n) is 11.6. The summed E-state index contributed by atoms with van der Waals surface area (Å²) in [5, 5.41) is 0. The first-order valence-corrected chi connectivity index (χ1v) is 8.45. The molecule has 6 heteroatoms. The number of ether oxygens (including phenoxy) is 1. The number of nitrogens with two attached hydrogens (primary N) is 1. The standard InChI is InChI=1S/C14H22N2O3S/c15-9-4-12-19-13-7-10-16(11-8-13)20(17,18)14-5-2-1-3-6-14/h1-3,5-6,13H,4,7-12,15H2. The lowest BCUT2D eigenvalue weighted by atomic mass is 10.1. The highest BCUT2D eigenvalue weighted by Crippen LogP contribution is 2.21. The molecule has 112 valence electrons. The van der Waals surface area contributed by atoms with Gasteiger partial charge in [0.2, 0.25) is 10.0 Å². The summed E-state index contributed by atoms with van der Waals surface area (Å²) >= 11 is 0. The summed E-state index contributed by atoms with van der Waals surface area (Å²) in [7, 11) is -3.35. The van der Waals surface area contributed by atoms with Gasteiger partial charge in [-0.3, -0.25) is 0 Å². The summed E-state index contributed by atoms with van der Waals surface area (Å²) in [6.45, 7) is 2.32. The molecule has 20 heavy (non-hydrogen) atoms. The number of piperidine rings is 1. The summed E-state index contributed by atoms with van der Waals surface area (Å²) in [5.41, 5.74) is 5.42. The maximum absolute atomic E-state index is 12.4. The topological polar surface area (TPSA) is 72.6 Å². The van der Waals surface area contributed by atoms with Crippen molar-refractivity contribution < 1.29 is 13.2 Å². The third-order valence-corrected chi connectivity index (χ3v) is 5.40. The molecule has 5 nitrogen and oxygen atoms in total. The van der Waals surface area contributed by atoms with Gasteiger partial charge >= 0.3 is 0 Å². The molecule has 1 aliphatic heterocycles. The Hall–Kier alpha value is -0.950. The maximum atomic E-state index is 12.4. The lowest BCUT2D eigenvalue weighted by Gasteiger charge is -2.31. The van der Waals surface area contributed by atoms with Gasteiger partial charge in [0.25, 0.3) is 0 Å². The van der Waals surface area contributed by atoms with Crippen molar-refractivity contribution in [3.05, 3.63) is 30.3 Å². The molecular weight excluding hydrogens is 276 g/mol. The lowest BCUT2D eigenvalue weighted by molar-refractivity contribution is 0.0209. The van der Waals surface area contributed by atoms with Crippen LogP contribution >= 0.6 is 0 Å². The molecule has 0 aliphatic carbocycles. The summed E-state index contributed by atoms with van der Waals surface area (Å²) < 4.78 is 32.1. The highest BCUT2D eigenvalue weighted by Gasteiger charge is 2.29. The predicted molar refractivity (Wildman–Crippen MR) is 77.8 cm³/mol. The fourth-order valence-corrected chi connectivity index (χ4v) is 3.80. The van der Waals surface area contributed by atoms with Gasteiger partial charge in [-0.25, -0.2) is 8.42 Å². The number of sulfonamides is 1. The van der Waals surface area contributed by atoms with Crippen molar-refractivity contribution in [2.75, 3.05) is 26.2 Å².